The molecule has 0 fully saturated rings. The molecule has 1 aromatic carbocycles. The van der Waals surface area contributed by atoms with Crippen molar-refractivity contribution in [2.75, 3.05) is 33.0 Å². The first-order chi connectivity index (χ1) is 11.6. The van der Waals surface area contributed by atoms with Gasteiger partial charge in [-0.2, -0.15) is 0 Å². The summed E-state index contributed by atoms with van der Waals surface area (Å²) in [7, 11) is 3.98. The molecule has 6 heteroatoms. The zero-order valence-electron chi connectivity index (χ0n) is 13.9. The van der Waals surface area contributed by atoms with E-state index in [1.165, 1.54) is 10.5 Å². The summed E-state index contributed by atoms with van der Waals surface area (Å²) in [5.41, 5.74) is 1.73. The third-order valence-corrected chi connectivity index (χ3v) is 4.98. The Labute approximate surface area is 146 Å². The predicted octanol–water partition coefficient (Wildman–Crippen LogP) is 2.60. The fraction of sp³-hybridized carbons (Fsp3) is 0.333. The molecule has 126 valence electrons. The van der Waals surface area contributed by atoms with Gasteiger partial charge in [0.25, 0.3) is 5.91 Å². The highest BCUT2D eigenvalue weighted by atomic mass is 32.2. The molecule has 2 aromatic rings. The second-order valence-corrected chi connectivity index (χ2v) is 6.97. The number of hydrogen-bond donors (Lipinski definition) is 1. The van der Waals surface area contributed by atoms with Gasteiger partial charge in [0.15, 0.2) is 0 Å². The fourth-order valence-corrected chi connectivity index (χ4v) is 3.62. The standard InChI is InChI=1S/C18H21N3O2S/c1-21(2)9-10-23-17-8-7-13(11-19-17)18(22)20-15-12-24-16-6-4-3-5-14(15)16/h3-8,11,15H,9-10,12H2,1-2H3,(H,20,22). The number of ether oxygens (including phenoxy) is 1. The Bertz CT molecular complexity index is 704. The van der Waals surface area contributed by atoms with Crippen LogP contribution in [0.4, 0.5) is 0 Å². The number of aromatic nitrogens is 1. The molecule has 3 rings (SSSR count). The third kappa shape index (κ3) is 4.07. The lowest BCUT2D eigenvalue weighted by atomic mass is 10.1. The number of likely N-dealkylation sites (N-methyl/N-ethyl adjacent to an activating group) is 1. The molecule has 1 N–H and O–H groups in total. The maximum Gasteiger partial charge on any atom is 0.253 e. The molecule has 1 aliphatic rings. The average Bonchev–Trinajstić information content (AvgIpc) is 2.98. The van der Waals surface area contributed by atoms with Crippen molar-refractivity contribution in [2.24, 2.45) is 0 Å². The number of thioether (sulfide) groups is 1. The van der Waals surface area contributed by atoms with Gasteiger partial charge in [-0.3, -0.25) is 4.79 Å². The Morgan fingerprint density at radius 1 is 1.33 bits per heavy atom. The Morgan fingerprint density at radius 2 is 2.17 bits per heavy atom. The predicted molar refractivity (Wildman–Crippen MR) is 95.7 cm³/mol. The van der Waals surface area contributed by atoms with Crippen LogP contribution in [0.2, 0.25) is 0 Å². The number of carbonyl (C=O) groups is 1. The van der Waals surface area contributed by atoms with Crippen molar-refractivity contribution in [1.82, 2.24) is 15.2 Å². The van der Waals surface area contributed by atoms with E-state index in [2.05, 4.69) is 22.4 Å². The first-order valence-electron chi connectivity index (χ1n) is 7.89. The Morgan fingerprint density at radius 3 is 2.92 bits per heavy atom. The summed E-state index contributed by atoms with van der Waals surface area (Å²) in [6.07, 6.45) is 1.56. The molecule has 0 aliphatic carbocycles. The van der Waals surface area contributed by atoms with Crippen LogP contribution in [0.3, 0.4) is 0 Å². The molecule has 1 amide bonds. The van der Waals surface area contributed by atoms with Crippen molar-refractivity contribution in [3.05, 3.63) is 53.7 Å². The molecule has 0 saturated heterocycles. The lowest BCUT2D eigenvalue weighted by Gasteiger charge is -2.13. The molecule has 1 aromatic heterocycles. The number of benzene rings is 1. The highest BCUT2D eigenvalue weighted by Gasteiger charge is 2.24. The van der Waals surface area contributed by atoms with Gasteiger partial charge in [-0.1, -0.05) is 18.2 Å². The minimum Gasteiger partial charge on any atom is -0.476 e. The number of nitrogens with zero attached hydrogens (tertiary/aromatic N) is 2. The minimum absolute atomic E-state index is 0.0507. The van der Waals surface area contributed by atoms with Crippen LogP contribution in [0.5, 0.6) is 5.88 Å². The highest BCUT2D eigenvalue weighted by molar-refractivity contribution is 7.99. The summed E-state index contributed by atoms with van der Waals surface area (Å²) in [6.45, 7) is 1.39. The third-order valence-electron chi connectivity index (χ3n) is 3.79. The van der Waals surface area contributed by atoms with Crippen molar-refractivity contribution in [1.29, 1.82) is 0 Å². The summed E-state index contributed by atoms with van der Waals surface area (Å²) in [5, 5.41) is 3.08. The van der Waals surface area contributed by atoms with Gasteiger partial charge in [0, 0.05) is 29.5 Å². The number of amides is 1. The molecule has 0 saturated carbocycles. The number of carbonyl (C=O) groups excluding carboxylic acids is 1. The Balaban J connectivity index is 1.58. The van der Waals surface area contributed by atoms with Gasteiger partial charge >= 0.3 is 0 Å². The van der Waals surface area contributed by atoms with Gasteiger partial charge in [-0.15, -0.1) is 11.8 Å². The van der Waals surface area contributed by atoms with Crippen molar-refractivity contribution in [3.63, 3.8) is 0 Å². The van der Waals surface area contributed by atoms with Gasteiger partial charge < -0.3 is 15.0 Å². The molecule has 0 bridgehead atoms. The van der Waals surface area contributed by atoms with Crippen molar-refractivity contribution >= 4 is 17.7 Å². The minimum atomic E-state index is -0.107. The Hall–Kier alpha value is -2.05. The van der Waals surface area contributed by atoms with Crippen molar-refractivity contribution in [3.8, 4) is 5.88 Å². The first-order valence-corrected chi connectivity index (χ1v) is 8.88. The van der Waals surface area contributed by atoms with Crippen LogP contribution in [0.15, 0.2) is 47.5 Å². The van der Waals surface area contributed by atoms with Crippen molar-refractivity contribution in [2.45, 2.75) is 10.9 Å². The van der Waals surface area contributed by atoms with Gasteiger partial charge in [-0.25, -0.2) is 4.98 Å². The van der Waals surface area contributed by atoms with Crippen molar-refractivity contribution < 1.29 is 9.53 Å². The van der Waals surface area contributed by atoms with E-state index in [9.17, 15) is 4.79 Å². The molecule has 0 spiro atoms. The van der Waals surface area contributed by atoms with E-state index in [-0.39, 0.29) is 11.9 Å². The maximum absolute atomic E-state index is 12.4. The summed E-state index contributed by atoms with van der Waals surface area (Å²) in [6, 6.07) is 11.7. The van der Waals surface area contributed by atoms with E-state index in [1.807, 2.05) is 31.1 Å². The lowest BCUT2D eigenvalue weighted by molar-refractivity contribution is 0.0940. The van der Waals surface area contributed by atoms with E-state index in [4.69, 9.17) is 4.74 Å². The van der Waals surface area contributed by atoms with E-state index < -0.39 is 0 Å². The monoisotopic (exact) mass is 343 g/mol. The molecule has 24 heavy (non-hydrogen) atoms. The van der Waals surface area contributed by atoms with Crippen LogP contribution in [-0.4, -0.2) is 48.8 Å². The van der Waals surface area contributed by atoms with Gasteiger partial charge in [0.2, 0.25) is 5.88 Å². The van der Waals surface area contributed by atoms with Crippen LogP contribution in [0.1, 0.15) is 22.0 Å². The summed E-state index contributed by atoms with van der Waals surface area (Å²) >= 11 is 1.77. The quantitative estimate of drug-likeness (QED) is 0.874. The second-order valence-electron chi connectivity index (χ2n) is 5.91. The lowest BCUT2D eigenvalue weighted by Crippen LogP contribution is -2.28. The first kappa shape index (κ1) is 16.8. The summed E-state index contributed by atoms with van der Waals surface area (Å²) in [4.78, 5) is 19.9. The topological polar surface area (TPSA) is 54.5 Å². The normalized spacial score (nSPS) is 16.0. The number of rotatable bonds is 6. The zero-order chi connectivity index (χ0) is 16.9. The summed E-state index contributed by atoms with van der Waals surface area (Å²) < 4.78 is 5.54. The van der Waals surface area contributed by atoms with Crippen LogP contribution in [0.25, 0.3) is 0 Å². The van der Waals surface area contributed by atoms with E-state index >= 15 is 0 Å². The molecule has 5 nitrogen and oxygen atoms in total. The zero-order valence-corrected chi connectivity index (χ0v) is 14.7. The van der Waals surface area contributed by atoms with Crippen LogP contribution in [0, 0.1) is 0 Å². The van der Waals surface area contributed by atoms with Gasteiger partial charge in [-0.05, 0) is 31.8 Å². The average molecular weight is 343 g/mol. The second kappa shape index (κ2) is 7.68. The Kier molecular flexibility index (Phi) is 5.37. The number of fused-ring (bicyclic) bond motifs is 1. The van der Waals surface area contributed by atoms with Crippen LogP contribution in [-0.2, 0) is 0 Å². The largest absolute Gasteiger partial charge is 0.476 e. The van der Waals surface area contributed by atoms with Gasteiger partial charge in [0.05, 0.1) is 11.6 Å². The van der Waals surface area contributed by atoms with E-state index in [0.29, 0.717) is 18.1 Å². The molecular weight excluding hydrogens is 322 g/mol. The summed E-state index contributed by atoms with van der Waals surface area (Å²) in [5.74, 6) is 1.30. The van der Waals surface area contributed by atoms with E-state index in [0.717, 1.165) is 12.3 Å². The molecule has 2 heterocycles. The number of nitrogens with one attached hydrogen (secondary N) is 1. The smallest absolute Gasteiger partial charge is 0.253 e. The van der Waals surface area contributed by atoms with E-state index in [1.54, 1.807) is 30.1 Å². The van der Waals surface area contributed by atoms with Crippen LogP contribution >= 0.6 is 11.8 Å². The fourth-order valence-electron chi connectivity index (χ4n) is 2.46. The molecule has 1 atom stereocenters. The molecule has 1 unspecified atom stereocenters. The molecule has 0 radical (unpaired) electrons. The number of hydrogen-bond acceptors (Lipinski definition) is 5. The van der Waals surface area contributed by atoms with Crippen LogP contribution < -0.4 is 10.1 Å². The number of pyridine rings is 1. The maximum atomic E-state index is 12.4. The molecular formula is C18H21N3O2S. The highest BCUT2D eigenvalue weighted by Crippen LogP contribution is 2.37. The van der Waals surface area contributed by atoms with Gasteiger partial charge in [0.1, 0.15) is 6.61 Å². The SMILES string of the molecule is CN(C)CCOc1ccc(C(=O)NC2CSc3ccccc32)cn1. The molecule has 1 aliphatic heterocycles.